The molecule has 1 rings (SSSR count). The predicted molar refractivity (Wildman–Crippen MR) is 55.9 cm³/mol. The number of aromatic amines is 1. The fourth-order valence-electron chi connectivity index (χ4n) is 1.03. The zero-order valence-corrected chi connectivity index (χ0v) is 8.40. The number of nitrogens with zero attached hydrogens (tertiary/aromatic N) is 1. The number of hydrogen-bond acceptors (Lipinski definition) is 5. The van der Waals surface area contributed by atoms with Gasteiger partial charge in [-0.2, -0.15) is 0 Å². The van der Waals surface area contributed by atoms with Crippen molar-refractivity contribution in [2.24, 2.45) is 0 Å². The molecule has 0 amide bonds. The molecule has 0 saturated heterocycles. The molecular formula is C9H15N3O3. The van der Waals surface area contributed by atoms with Gasteiger partial charge in [-0.05, 0) is 6.42 Å². The van der Waals surface area contributed by atoms with Crippen LogP contribution in [-0.4, -0.2) is 41.4 Å². The summed E-state index contributed by atoms with van der Waals surface area (Å²) in [4.78, 5) is 17.5. The Balaban J connectivity index is 2.15. The molecule has 0 saturated carbocycles. The summed E-state index contributed by atoms with van der Waals surface area (Å²) in [6.45, 7) is 1.56. The molecule has 1 aromatic heterocycles. The molecule has 6 heteroatoms. The lowest BCUT2D eigenvalue weighted by atomic mass is 10.4. The summed E-state index contributed by atoms with van der Waals surface area (Å²) in [6, 6.07) is 0. The highest BCUT2D eigenvalue weighted by atomic mass is 16.5. The quantitative estimate of drug-likeness (QED) is 0.535. The largest absolute Gasteiger partial charge is 0.394 e. The van der Waals surface area contributed by atoms with Crippen molar-refractivity contribution in [3.8, 4) is 0 Å². The standard InChI is InChI=1S/C9H15N3O3/c13-5-7-15-6-1-2-10-8-9(14)12-4-3-11-8/h3-4,13H,1-2,5-7H2,(H,10,11)(H,12,14). The zero-order valence-electron chi connectivity index (χ0n) is 8.40. The molecule has 6 nitrogen and oxygen atoms in total. The molecule has 0 aliphatic heterocycles. The van der Waals surface area contributed by atoms with Gasteiger partial charge >= 0.3 is 0 Å². The Morgan fingerprint density at radius 3 is 3.13 bits per heavy atom. The number of ether oxygens (including phenoxy) is 1. The molecule has 0 aromatic carbocycles. The van der Waals surface area contributed by atoms with E-state index in [9.17, 15) is 4.79 Å². The third-order valence-electron chi connectivity index (χ3n) is 1.70. The lowest BCUT2D eigenvalue weighted by molar-refractivity contribution is 0.0922. The van der Waals surface area contributed by atoms with Gasteiger partial charge in [0.2, 0.25) is 0 Å². The first-order valence-corrected chi connectivity index (χ1v) is 4.81. The van der Waals surface area contributed by atoms with Crippen LogP contribution in [0.5, 0.6) is 0 Å². The second kappa shape index (κ2) is 6.97. The van der Waals surface area contributed by atoms with E-state index in [1.165, 1.54) is 12.4 Å². The van der Waals surface area contributed by atoms with Crippen molar-refractivity contribution in [2.75, 3.05) is 31.7 Å². The molecule has 0 aliphatic carbocycles. The van der Waals surface area contributed by atoms with Crippen LogP contribution in [0.15, 0.2) is 17.2 Å². The van der Waals surface area contributed by atoms with Crippen LogP contribution < -0.4 is 10.9 Å². The van der Waals surface area contributed by atoms with Gasteiger partial charge in [0.15, 0.2) is 5.82 Å². The van der Waals surface area contributed by atoms with Gasteiger partial charge in [0.25, 0.3) is 5.56 Å². The third-order valence-corrected chi connectivity index (χ3v) is 1.70. The number of rotatable bonds is 7. The molecular weight excluding hydrogens is 198 g/mol. The highest BCUT2D eigenvalue weighted by molar-refractivity contribution is 5.29. The van der Waals surface area contributed by atoms with Crippen LogP contribution in [-0.2, 0) is 4.74 Å². The van der Waals surface area contributed by atoms with Gasteiger partial charge in [0, 0.05) is 25.5 Å². The lowest BCUT2D eigenvalue weighted by Crippen LogP contribution is -2.17. The van der Waals surface area contributed by atoms with Crippen LogP contribution in [0.25, 0.3) is 0 Å². The van der Waals surface area contributed by atoms with Crippen LogP contribution in [0.1, 0.15) is 6.42 Å². The van der Waals surface area contributed by atoms with Crippen molar-refractivity contribution in [1.29, 1.82) is 0 Å². The number of nitrogens with one attached hydrogen (secondary N) is 2. The Labute approximate surface area is 87.3 Å². The van der Waals surface area contributed by atoms with Crippen molar-refractivity contribution in [3.63, 3.8) is 0 Å². The van der Waals surface area contributed by atoms with Crippen molar-refractivity contribution in [3.05, 3.63) is 22.7 Å². The summed E-state index contributed by atoms with van der Waals surface area (Å²) in [5, 5.41) is 11.3. The first-order valence-electron chi connectivity index (χ1n) is 4.81. The van der Waals surface area contributed by atoms with E-state index in [1.807, 2.05) is 0 Å². The summed E-state index contributed by atoms with van der Waals surface area (Å²) in [6.07, 6.45) is 3.76. The van der Waals surface area contributed by atoms with E-state index in [-0.39, 0.29) is 12.2 Å². The van der Waals surface area contributed by atoms with E-state index in [2.05, 4.69) is 15.3 Å². The average molecular weight is 213 g/mol. The number of anilines is 1. The third kappa shape index (κ3) is 4.57. The Hall–Kier alpha value is -1.40. The van der Waals surface area contributed by atoms with E-state index < -0.39 is 0 Å². The maximum absolute atomic E-state index is 11.1. The van der Waals surface area contributed by atoms with Crippen molar-refractivity contribution in [2.45, 2.75) is 6.42 Å². The first kappa shape index (κ1) is 11.7. The SMILES string of the molecule is O=c1[nH]ccnc1NCCCOCCO. The molecule has 1 aromatic rings. The van der Waals surface area contributed by atoms with E-state index in [1.54, 1.807) is 0 Å². The molecule has 0 aliphatic rings. The minimum atomic E-state index is -0.228. The van der Waals surface area contributed by atoms with Gasteiger partial charge in [0.05, 0.1) is 13.2 Å². The summed E-state index contributed by atoms with van der Waals surface area (Å²) < 4.78 is 5.05. The number of aliphatic hydroxyl groups is 1. The van der Waals surface area contributed by atoms with Gasteiger partial charge in [-0.1, -0.05) is 0 Å². The van der Waals surface area contributed by atoms with Gasteiger partial charge in [-0.25, -0.2) is 4.98 Å². The van der Waals surface area contributed by atoms with Crippen molar-refractivity contribution in [1.82, 2.24) is 9.97 Å². The summed E-state index contributed by atoms with van der Waals surface area (Å²) >= 11 is 0. The Kier molecular flexibility index (Phi) is 5.42. The van der Waals surface area contributed by atoms with Crippen LogP contribution in [0.4, 0.5) is 5.82 Å². The zero-order chi connectivity index (χ0) is 10.9. The predicted octanol–water partition coefficient (Wildman–Crippen LogP) is -0.419. The van der Waals surface area contributed by atoms with Gasteiger partial charge in [-0.15, -0.1) is 0 Å². The second-order valence-electron chi connectivity index (χ2n) is 2.88. The molecule has 0 radical (unpaired) electrons. The van der Waals surface area contributed by atoms with Gasteiger partial charge in [-0.3, -0.25) is 4.79 Å². The van der Waals surface area contributed by atoms with Crippen molar-refractivity contribution >= 4 is 5.82 Å². The minimum Gasteiger partial charge on any atom is -0.394 e. The maximum atomic E-state index is 11.1. The molecule has 1 heterocycles. The first-order chi connectivity index (χ1) is 7.34. The molecule has 0 bridgehead atoms. The van der Waals surface area contributed by atoms with E-state index in [0.717, 1.165) is 6.42 Å². The van der Waals surface area contributed by atoms with Gasteiger partial charge in [0.1, 0.15) is 0 Å². The average Bonchev–Trinajstić information content (AvgIpc) is 2.25. The molecule has 0 fully saturated rings. The molecule has 84 valence electrons. The smallest absolute Gasteiger partial charge is 0.290 e. The van der Waals surface area contributed by atoms with Crippen LogP contribution >= 0.6 is 0 Å². The van der Waals surface area contributed by atoms with Crippen LogP contribution in [0.2, 0.25) is 0 Å². The lowest BCUT2D eigenvalue weighted by Gasteiger charge is -2.04. The summed E-state index contributed by atoms with van der Waals surface area (Å²) in [7, 11) is 0. The van der Waals surface area contributed by atoms with Crippen LogP contribution in [0.3, 0.4) is 0 Å². The molecule has 0 unspecified atom stereocenters. The Bertz CT molecular complexity index is 326. The van der Waals surface area contributed by atoms with E-state index in [0.29, 0.717) is 25.6 Å². The number of aliphatic hydroxyl groups excluding tert-OH is 1. The normalized spacial score (nSPS) is 10.2. The number of hydrogen-bond donors (Lipinski definition) is 3. The number of H-pyrrole nitrogens is 1. The fraction of sp³-hybridized carbons (Fsp3) is 0.556. The second-order valence-corrected chi connectivity index (χ2v) is 2.88. The molecule has 0 spiro atoms. The number of aromatic nitrogens is 2. The Morgan fingerprint density at radius 1 is 1.53 bits per heavy atom. The minimum absolute atomic E-state index is 0.0351. The molecule has 0 atom stereocenters. The summed E-state index contributed by atoms with van der Waals surface area (Å²) in [5.74, 6) is 0.319. The van der Waals surface area contributed by atoms with E-state index >= 15 is 0 Å². The van der Waals surface area contributed by atoms with Crippen LogP contribution in [0, 0.1) is 0 Å². The molecule has 15 heavy (non-hydrogen) atoms. The summed E-state index contributed by atoms with van der Waals surface area (Å²) in [5.41, 5.74) is -0.228. The highest BCUT2D eigenvalue weighted by Crippen LogP contribution is 1.90. The van der Waals surface area contributed by atoms with E-state index in [4.69, 9.17) is 9.84 Å². The van der Waals surface area contributed by atoms with Crippen molar-refractivity contribution < 1.29 is 9.84 Å². The highest BCUT2D eigenvalue weighted by Gasteiger charge is 1.97. The van der Waals surface area contributed by atoms with Gasteiger partial charge < -0.3 is 20.1 Å². The monoisotopic (exact) mass is 213 g/mol. The fourth-order valence-corrected chi connectivity index (χ4v) is 1.03. The Morgan fingerprint density at radius 2 is 2.40 bits per heavy atom. The molecule has 3 N–H and O–H groups in total. The maximum Gasteiger partial charge on any atom is 0.290 e. The topological polar surface area (TPSA) is 87.2 Å².